The fourth-order valence-corrected chi connectivity index (χ4v) is 11.2. The van der Waals surface area contributed by atoms with Crippen LogP contribution in [0.4, 0.5) is 0 Å². The Bertz CT molecular complexity index is 1460. The number of amides is 1. The van der Waals surface area contributed by atoms with Gasteiger partial charge in [-0.05, 0) is 132 Å². The van der Waals surface area contributed by atoms with Crippen molar-refractivity contribution in [2.45, 2.75) is 152 Å². The van der Waals surface area contributed by atoms with Crippen molar-refractivity contribution in [1.82, 2.24) is 10.6 Å². The van der Waals surface area contributed by atoms with E-state index < -0.39 is 41.2 Å². The van der Waals surface area contributed by atoms with Crippen molar-refractivity contribution in [2.75, 3.05) is 32.9 Å². The number of phenolic OH excluding ortho intramolecular Hbond substituents is 1. The smallest absolute Gasteiger partial charge is 0.332 e. The second-order valence-corrected chi connectivity index (χ2v) is 17.1. The van der Waals surface area contributed by atoms with Gasteiger partial charge in [0.05, 0.1) is 12.7 Å². The van der Waals surface area contributed by atoms with E-state index in [0.29, 0.717) is 89.7 Å². The molecule has 12 heteroatoms. The van der Waals surface area contributed by atoms with Crippen LogP contribution in [0, 0.1) is 23.2 Å². The summed E-state index contributed by atoms with van der Waals surface area (Å²) in [5, 5.41) is 47.8. The van der Waals surface area contributed by atoms with Gasteiger partial charge in [0.2, 0.25) is 5.91 Å². The van der Waals surface area contributed by atoms with Crippen molar-refractivity contribution in [1.29, 1.82) is 0 Å². The van der Waals surface area contributed by atoms with Gasteiger partial charge in [-0.15, -0.1) is 0 Å². The van der Waals surface area contributed by atoms with Crippen LogP contribution in [0.25, 0.3) is 0 Å². The number of carbonyl (C=O) groups is 3. The summed E-state index contributed by atoms with van der Waals surface area (Å²) in [6, 6.07) is 3.71. The number of ether oxygens (including phenoxy) is 3. The molecule has 1 aromatic rings. The summed E-state index contributed by atoms with van der Waals surface area (Å²) in [6.45, 7) is 4.96. The molecular formula is C42H64N2O10. The highest BCUT2D eigenvalue weighted by atomic mass is 16.6. The molecule has 1 saturated carbocycles. The van der Waals surface area contributed by atoms with Gasteiger partial charge in [0.15, 0.2) is 11.5 Å². The van der Waals surface area contributed by atoms with Crippen LogP contribution < -0.4 is 15.4 Å². The molecule has 9 unspecified atom stereocenters. The fraction of sp³-hybridized carbons (Fsp3) is 0.786. The van der Waals surface area contributed by atoms with Crippen molar-refractivity contribution < 1.29 is 49.0 Å². The van der Waals surface area contributed by atoms with Crippen molar-refractivity contribution in [3.05, 3.63) is 23.3 Å². The molecule has 6 rings (SSSR count). The van der Waals surface area contributed by atoms with Crippen LogP contribution in [0.1, 0.15) is 140 Å². The number of phenols is 1. The summed E-state index contributed by atoms with van der Waals surface area (Å²) in [4.78, 5) is 40.9. The van der Waals surface area contributed by atoms with E-state index in [4.69, 9.17) is 14.2 Å². The molecular weight excluding hydrogens is 692 g/mol. The molecule has 1 aromatic carbocycles. The average Bonchev–Trinajstić information content (AvgIpc) is 3.16. The Kier molecular flexibility index (Phi) is 13.5. The Hall–Kier alpha value is -2.93. The van der Waals surface area contributed by atoms with Crippen LogP contribution in [0.2, 0.25) is 0 Å². The van der Waals surface area contributed by atoms with Crippen LogP contribution in [-0.4, -0.2) is 95.0 Å². The number of carbonyl (C=O) groups excluding carboxylic acids is 3. The molecule has 0 bridgehead atoms. The first kappa shape index (κ1) is 40.7. The van der Waals surface area contributed by atoms with Crippen LogP contribution in [0.15, 0.2) is 12.1 Å². The Morgan fingerprint density at radius 1 is 1.00 bits per heavy atom. The van der Waals surface area contributed by atoms with E-state index in [1.54, 1.807) is 13.0 Å². The molecule has 6 N–H and O–H groups in total. The number of piperidine rings is 2. The minimum absolute atomic E-state index is 0.0196. The van der Waals surface area contributed by atoms with Crippen LogP contribution >= 0.6 is 0 Å². The number of aliphatic hydroxyl groups excluding tert-OH is 3. The number of rotatable bonds is 16. The molecule has 12 nitrogen and oxygen atoms in total. The first-order valence-corrected chi connectivity index (χ1v) is 20.8. The third-order valence-electron chi connectivity index (χ3n) is 13.8. The van der Waals surface area contributed by atoms with E-state index in [1.807, 2.05) is 6.07 Å². The Labute approximate surface area is 320 Å². The lowest BCUT2D eigenvalue weighted by Crippen LogP contribution is -2.65. The van der Waals surface area contributed by atoms with E-state index >= 15 is 4.79 Å². The predicted octanol–water partition coefficient (Wildman–Crippen LogP) is 4.74. The molecule has 9 atom stereocenters. The summed E-state index contributed by atoms with van der Waals surface area (Å²) >= 11 is 0. The molecule has 0 aromatic heterocycles. The number of hydrogen-bond donors (Lipinski definition) is 6. The number of benzene rings is 1. The zero-order valence-electron chi connectivity index (χ0n) is 32.4. The van der Waals surface area contributed by atoms with E-state index in [2.05, 4.69) is 10.6 Å². The van der Waals surface area contributed by atoms with Gasteiger partial charge in [-0.25, -0.2) is 4.79 Å². The Morgan fingerprint density at radius 3 is 2.52 bits per heavy atom. The second-order valence-electron chi connectivity index (χ2n) is 17.1. The Morgan fingerprint density at radius 2 is 1.80 bits per heavy atom. The molecule has 54 heavy (non-hydrogen) atoms. The lowest BCUT2D eigenvalue weighted by molar-refractivity contribution is -0.182. The first-order valence-electron chi connectivity index (χ1n) is 20.8. The van der Waals surface area contributed by atoms with Crippen LogP contribution in [0.5, 0.6) is 11.5 Å². The summed E-state index contributed by atoms with van der Waals surface area (Å²) in [5.74, 6) is -0.485. The zero-order chi connectivity index (χ0) is 38.5. The van der Waals surface area contributed by atoms with Gasteiger partial charge < -0.3 is 45.3 Å². The molecule has 3 fully saturated rings. The summed E-state index contributed by atoms with van der Waals surface area (Å²) < 4.78 is 19.4. The van der Waals surface area contributed by atoms with Gasteiger partial charge in [0, 0.05) is 49.9 Å². The number of nitrogens with one attached hydrogen (secondary N) is 2. The minimum Gasteiger partial charge on any atom is -0.504 e. The highest BCUT2D eigenvalue weighted by molar-refractivity contribution is 5.90. The number of hydrogen-bond acceptors (Lipinski definition) is 11. The van der Waals surface area contributed by atoms with Crippen molar-refractivity contribution in [3.63, 3.8) is 0 Å². The van der Waals surface area contributed by atoms with E-state index in [-0.39, 0.29) is 60.9 Å². The molecule has 3 heterocycles. The van der Waals surface area contributed by atoms with Gasteiger partial charge in [-0.2, -0.15) is 0 Å². The molecule has 5 aliphatic rings. The maximum atomic E-state index is 15.0. The lowest BCUT2D eigenvalue weighted by atomic mass is 9.56. The zero-order valence-corrected chi connectivity index (χ0v) is 32.4. The largest absolute Gasteiger partial charge is 0.504 e. The quantitative estimate of drug-likeness (QED) is 0.128. The van der Waals surface area contributed by atoms with Crippen molar-refractivity contribution in [2.24, 2.45) is 23.2 Å². The fourth-order valence-electron chi connectivity index (χ4n) is 11.2. The standard InChI is InChI=1S/C42H64N2O10/c1-26(47)8-9-28(6-5-22-45)35(53-27(2)48)24-36(54-40(51)42-17-4-3-7-30(42)10-15-37(50)44-42)41(18-20-43-21-19-41)33-13-11-31-29(16-23-46)25-52-39-34(49)14-12-32(33)38(31)39/h12,14,26,28-31,33,35-36,43,45-47,49H,3-11,13,15-25H2,1-2H3,(H,44,50). The van der Waals surface area contributed by atoms with Gasteiger partial charge in [-0.3, -0.25) is 9.59 Å². The SMILES string of the molecule is CC(=O)OC(CC(OC(=O)C12CCCCC1CCC(=O)N2)C1(C2CCC3c4c2ccc(O)c4OCC3CCO)CCNCC1)C(CCCO)CCC(C)O. The van der Waals surface area contributed by atoms with Crippen molar-refractivity contribution >= 4 is 17.8 Å². The second kappa shape index (κ2) is 17.9. The maximum absolute atomic E-state index is 15.0. The number of aliphatic hydroxyl groups is 3. The Balaban J connectivity index is 1.46. The predicted molar refractivity (Wildman–Crippen MR) is 201 cm³/mol. The maximum Gasteiger partial charge on any atom is 0.332 e. The summed E-state index contributed by atoms with van der Waals surface area (Å²) in [7, 11) is 0. The molecule has 2 saturated heterocycles. The monoisotopic (exact) mass is 756 g/mol. The third-order valence-corrected chi connectivity index (χ3v) is 13.8. The minimum atomic E-state index is -1.11. The molecule has 1 amide bonds. The van der Waals surface area contributed by atoms with Gasteiger partial charge >= 0.3 is 11.9 Å². The lowest BCUT2D eigenvalue weighted by Gasteiger charge is -2.54. The molecule has 0 radical (unpaired) electrons. The highest BCUT2D eigenvalue weighted by Crippen LogP contribution is 2.60. The number of fused-ring (bicyclic) bond motifs is 1. The summed E-state index contributed by atoms with van der Waals surface area (Å²) in [6.07, 6.45) is 8.20. The first-order chi connectivity index (χ1) is 26.0. The normalized spacial score (nSPS) is 29.6. The van der Waals surface area contributed by atoms with Gasteiger partial charge in [0.25, 0.3) is 0 Å². The third kappa shape index (κ3) is 8.42. The van der Waals surface area contributed by atoms with E-state index in [9.17, 15) is 30.0 Å². The van der Waals surface area contributed by atoms with Gasteiger partial charge in [-0.1, -0.05) is 18.9 Å². The van der Waals surface area contributed by atoms with Crippen LogP contribution in [-0.2, 0) is 23.9 Å². The number of aromatic hydroxyl groups is 1. The molecule has 0 spiro atoms. The van der Waals surface area contributed by atoms with Crippen LogP contribution in [0.3, 0.4) is 0 Å². The highest BCUT2D eigenvalue weighted by Gasteiger charge is 2.57. The van der Waals surface area contributed by atoms with Crippen molar-refractivity contribution in [3.8, 4) is 11.5 Å². The molecule has 302 valence electrons. The molecule has 2 aliphatic carbocycles. The average molecular weight is 757 g/mol. The topological polar surface area (TPSA) is 184 Å². The summed E-state index contributed by atoms with van der Waals surface area (Å²) in [5.41, 5.74) is 0.336. The molecule has 3 aliphatic heterocycles. The van der Waals surface area contributed by atoms with E-state index in [1.165, 1.54) is 6.92 Å². The number of esters is 2. The van der Waals surface area contributed by atoms with E-state index in [0.717, 1.165) is 43.2 Å². The van der Waals surface area contributed by atoms with Gasteiger partial charge in [0.1, 0.15) is 17.7 Å².